The number of allylic oxidation sites excluding steroid dienone is 1. The van der Waals surface area contributed by atoms with Crippen LogP contribution in [0.15, 0.2) is 76.2 Å². The zero-order valence-electron chi connectivity index (χ0n) is 16.9. The lowest BCUT2D eigenvalue weighted by Gasteiger charge is -2.20. The molecule has 0 radical (unpaired) electrons. The van der Waals surface area contributed by atoms with Crippen LogP contribution >= 0.6 is 0 Å². The van der Waals surface area contributed by atoms with E-state index in [1.54, 1.807) is 0 Å². The number of nitrogens with zero attached hydrogens (tertiary/aromatic N) is 3. The summed E-state index contributed by atoms with van der Waals surface area (Å²) in [5, 5.41) is 11.8. The number of hydrogen-bond donors (Lipinski definition) is 1. The molecule has 0 atom stereocenters. The molecule has 5 heteroatoms. The predicted molar refractivity (Wildman–Crippen MR) is 114 cm³/mol. The van der Waals surface area contributed by atoms with E-state index in [9.17, 15) is 4.79 Å². The van der Waals surface area contributed by atoms with Gasteiger partial charge in [-0.15, -0.1) is 16.8 Å². The van der Waals surface area contributed by atoms with Crippen LogP contribution in [0.2, 0.25) is 0 Å². The molecule has 0 amide bonds. The third-order valence-corrected chi connectivity index (χ3v) is 4.58. The number of azo groups is 1. The molecular formula is C23H26N4O. The Morgan fingerprint density at radius 3 is 2.39 bits per heavy atom. The predicted octanol–water partition coefficient (Wildman–Crippen LogP) is 5.92. The Morgan fingerprint density at radius 2 is 1.75 bits per heavy atom. The first-order chi connectivity index (χ1) is 13.3. The molecule has 3 rings (SSSR count). The summed E-state index contributed by atoms with van der Waals surface area (Å²) < 4.78 is 1.50. The number of hydrogen-bond acceptors (Lipinski definition) is 3. The Morgan fingerprint density at radius 1 is 1.07 bits per heavy atom. The van der Waals surface area contributed by atoms with Gasteiger partial charge in [0.15, 0.2) is 5.69 Å². The van der Waals surface area contributed by atoms with Crippen molar-refractivity contribution >= 4 is 11.4 Å². The average Bonchev–Trinajstić information content (AvgIpc) is 2.94. The molecule has 0 aliphatic carbocycles. The molecule has 3 aromatic rings. The molecule has 0 aliphatic rings. The maximum Gasteiger partial charge on any atom is 0.299 e. The molecular weight excluding hydrogens is 348 g/mol. The number of aryl methyl sites for hydroxylation is 1. The summed E-state index contributed by atoms with van der Waals surface area (Å²) in [6.45, 7) is 12.0. The van der Waals surface area contributed by atoms with E-state index in [4.69, 9.17) is 0 Å². The second kappa shape index (κ2) is 7.80. The average molecular weight is 374 g/mol. The summed E-state index contributed by atoms with van der Waals surface area (Å²) in [6.07, 6.45) is 2.65. The van der Waals surface area contributed by atoms with Crippen LogP contribution in [0, 0.1) is 6.92 Å². The van der Waals surface area contributed by atoms with Gasteiger partial charge in [-0.25, -0.2) is 4.68 Å². The summed E-state index contributed by atoms with van der Waals surface area (Å²) >= 11 is 0. The van der Waals surface area contributed by atoms with Crippen LogP contribution in [-0.4, -0.2) is 9.78 Å². The number of rotatable bonds is 5. The minimum absolute atomic E-state index is 0.0593. The first-order valence-corrected chi connectivity index (χ1v) is 9.34. The standard InChI is InChI=1S/C23H26N4O/c1-6-9-17-12-14-18(15-13-17)27-22(28)21(16(2)26-27)25-24-20-11-8-7-10-19(20)23(3,4)5/h6-8,10-15,26H,1,9H2,2-5H3/b25-24+. The number of nitrogens with one attached hydrogen (secondary N) is 1. The van der Waals surface area contributed by atoms with Gasteiger partial charge in [0.1, 0.15) is 0 Å². The zero-order chi connectivity index (χ0) is 20.3. The quantitative estimate of drug-likeness (QED) is 0.437. The topological polar surface area (TPSA) is 62.5 Å². The van der Waals surface area contributed by atoms with Crippen LogP contribution in [0.4, 0.5) is 11.4 Å². The van der Waals surface area contributed by atoms with Crippen LogP contribution in [0.25, 0.3) is 5.69 Å². The lowest BCUT2D eigenvalue weighted by molar-refractivity contribution is 0.591. The lowest BCUT2D eigenvalue weighted by Crippen LogP contribution is -2.14. The van der Waals surface area contributed by atoms with Gasteiger partial charge in [-0.3, -0.25) is 9.89 Å². The molecule has 28 heavy (non-hydrogen) atoms. The largest absolute Gasteiger partial charge is 0.299 e. The molecule has 1 aromatic heterocycles. The van der Waals surface area contributed by atoms with E-state index in [1.807, 2.05) is 61.5 Å². The minimum Gasteiger partial charge on any atom is -0.293 e. The molecule has 2 aromatic carbocycles. The van der Waals surface area contributed by atoms with Gasteiger partial charge in [0, 0.05) is 0 Å². The van der Waals surface area contributed by atoms with Crippen LogP contribution < -0.4 is 5.56 Å². The highest BCUT2D eigenvalue weighted by Gasteiger charge is 2.18. The Labute approximate surface area is 165 Å². The molecule has 0 saturated carbocycles. The van der Waals surface area contributed by atoms with Crippen molar-refractivity contribution in [1.29, 1.82) is 0 Å². The molecule has 0 spiro atoms. The third-order valence-electron chi connectivity index (χ3n) is 4.58. The summed E-state index contributed by atoms with van der Waals surface area (Å²) in [4.78, 5) is 12.9. The summed E-state index contributed by atoms with van der Waals surface area (Å²) in [5.74, 6) is 0. The monoisotopic (exact) mass is 374 g/mol. The van der Waals surface area contributed by atoms with E-state index in [0.29, 0.717) is 11.4 Å². The smallest absolute Gasteiger partial charge is 0.293 e. The Bertz CT molecular complexity index is 1060. The highest BCUT2D eigenvalue weighted by atomic mass is 16.1. The number of benzene rings is 2. The van der Waals surface area contributed by atoms with Crippen LogP contribution in [0.5, 0.6) is 0 Å². The normalized spacial score (nSPS) is 11.9. The number of aromatic amines is 1. The van der Waals surface area contributed by atoms with Gasteiger partial charge < -0.3 is 0 Å². The van der Waals surface area contributed by atoms with Crippen molar-refractivity contribution < 1.29 is 0 Å². The Kier molecular flexibility index (Phi) is 5.45. The first kappa shape index (κ1) is 19.5. The van der Waals surface area contributed by atoms with Gasteiger partial charge in [-0.05, 0) is 48.1 Å². The maximum absolute atomic E-state index is 12.9. The fraction of sp³-hybridized carbons (Fsp3) is 0.261. The fourth-order valence-corrected chi connectivity index (χ4v) is 3.08. The molecule has 0 unspecified atom stereocenters. The van der Waals surface area contributed by atoms with Gasteiger partial charge in [-0.2, -0.15) is 0 Å². The molecule has 1 heterocycles. The summed E-state index contributed by atoms with van der Waals surface area (Å²) in [7, 11) is 0. The van der Waals surface area contributed by atoms with Crippen molar-refractivity contribution in [2.75, 3.05) is 0 Å². The minimum atomic E-state index is -0.217. The van der Waals surface area contributed by atoms with Gasteiger partial charge in [-0.1, -0.05) is 57.2 Å². The van der Waals surface area contributed by atoms with Gasteiger partial charge in [0.2, 0.25) is 0 Å². The summed E-state index contributed by atoms with van der Waals surface area (Å²) in [6, 6.07) is 15.7. The maximum atomic E-state index is 12.9. The SMILES string of the molecule is C=CCc1ccc(-n2[nH]c(C)c(/N=N/c3ccccc3C(C)(C)C)c2=O)cc1. The van der Waals surface area contributed by atoms with Gasteiger partial charge >= 0.3 is 0 Å². The highest BCUT2D eigenvalue weighted by Crippen LogP contribution is 2.32. The number of aromatic nitrogens is 2. The van der Waals surface area contributed by atoms with E-state index in [2.05, 4.69) is 42.7 Å². The molecule has 0 fully saturated rings. The molecule has 1 N–H and O–H groups in total. The second-order valence-corrected chi connectivity index (χ2v) is 7.85. The third kappa shape index (κ3) is 4.03. The van der Waals surface area contributed by atoms with Crippen LogP contribution in [0.1, 0.15) is 37.6 Å². The van der Waals surface area contributed by atoms with Crippen molar-refractivity contribution in [3.05, 3.63) is 88.4 Å². The van der Waals surface area contributed by atoms with E-state index in [-0.39, 0.29) is 11.0 Å². The fourth-order valence-electron chi connectivity index (χ4n) is 3.08. The van der Waals surface area contributed by atoms with Crippen LogP contribution in [-0.2, 0) is 11.8 Å². The lowest BCUT2D eigenvalue weighted by atomic mass is 9.86. The van der Waals surface area contributed by atoms with Crippen LogP contribution in [0.3, 0.4) is 0 Å². The van der Waals surface area contributed by atoms with E-state index in [0.717, 1.165) is 28.9 Å². The van der Waals surface area contributed by atoms with Crippen molar-refractivity contribution in [3.63, 3.8) is 0 Å². The van der Waals surface area contributed by atoms with Crippen molar-refractivity contribution in [2.45, 2.75) is 39.5 Å². The van der Waals surface area contributed by atoms with Crippen molar-refractivity contribution in [3.8, 4) is 5.69 Å². The van der Waals surface area contributed by atoms with E-state index >= 15 is 0 Å². The Hall–Kier alpha value is -3.21. The summed E-state index contributed by atoms with van der Waals surface area (Å²) in [5.41, 5.74) is 4.49. The number of H-pyrrole nitrogens is 1. The molecule has 5 nitrogen and oxygen atoms in total. The molecule has 144 valence electrons. The van der Waals surface area contributed by atoms with Gasteiger partial charge in [0.05, 0.1) is 17.1 Å². The first-order valence-electron chi connectivity index (χ1n) is 9.34. The molecule has 0 aliphatic heterocycles. The van der Waals surface area contributed by atoms with Gasteiger partial charge in [0.25, 0.3) is 5.56 Å². The van der Waals surface area contributed by atoms with Crippen molar-refractivity contribution in [1.82, 2.24) is 9.78 Å². The van der Waals surface area contributed by atoms with E-state index in [1.165, 1.54) is 4.68 Å². The van der Waals surface area contributed by atoms with E-state index < -0.39 is 0 Å². The highest BCUT2D eigenvalue weighted by molar-refractivity contribution is 5.50. The molecule has 0 bridgehead atoms. The van der Waals surface area contributed by atoms with Crippen molar-refractivity contribution in [2.24, 2.45) is 10.2 Å². The zero-order valence-corrected chi connectivity index (χ0v) is 16.9. The molecule has 0 saturated heterocycles. The Balaban J connectivity index is 1.96. The second-order valence-electron chi connectivity index (χ2n) is 7.85.